The number of aromatic nitrogens is 3. The molecule has 0 aliphatic carbocycles. The number of aliphatic hydroxyl groups excluding tert-OH is 1. The van der Waals surface area contributed by atoms with Crippen molar-refractivity contribution < 1.29 is 9.84 Å². The Bertz CT molecular complexity index is 807. The molecule has 0 radical (unpaired) electrons. The number of ether oxygens (including phenoxy) is 1. The van der Waals surface area contributed by atoms with Gasteiger partial charge in [0.15, 0.2) is 0 Å². The van der Waals surface area contributed by atoms with Gasteiger partial charge < -0.3 is 19.6 Å². The molecule has 1 atom stereocenters. The van der Waals surface area contributed by atoms with Crippen LogP contribution in [0.1, 0.15) is 26.2 Å². The Morgan fingerprint density at radius 1 is 1.29 bits per heavy atom. The third-order valence-corrected chi connectivity index (χ3v) is 5.83. The van der Waals surface area contributed by atoms with E-state index in [1.807, 2.05) is 10.9 Å². The molecule has 2 aliphatic rings. The van der Waals surface area contributed by atoms with Gasteiger partial charge >= 0.3 is 0 Å². The van der Waals surface area contributed by atoms with Gasteiger partial charge in [-0.2, -0.15) is 0 Å². The maximum Gasteiger partial charge on any atom is 0.115 e. The van der Waals surface area contributed by atoms with Crippen molar-refractivity contribution in [3.63, 3.8) is 0 Å². The Hall–Kier alpha value is -2.12. The molecule has 0 unspecified atom stereocenters. The molecular formula is C21H31N5O2. The topological polar surface area (TPSA) is 66.7 Å². The number of hydrogen-bond donors (Lipinski definition) is 1. The first-order valence-electron chi connectivity index (χ1n) is 10.2. The number of aliphatic hydroxyl groups is 1. The first-order valence-corrected chi connectivity index (χ1v) is 10.2. The van der Waals surface area contributed by atoms with E-state index in [1.54, 1.807) is 0 Å². The van der Waals surface area contributed by atoms with Crippen molar-refractivity contribution in [2.45, 2.75) is 38.8 Å². The highest BCUT2D eigenvalue weighted by Gasteiger charge is 2.38. The second-order valence-electron chi connectivity index (χ2n) is 8.74. The molecule has 2 aromatic rings. The van der Waals surface area contributed by atoms with Crippen molar-refractivity contribution in [2.24, 2.45) is 5.41 Å². The van der Waals surface area contributed by atoms with Gasteiger partial charge in [0.25, 0.3) is 0 Å². The summed E-state index contributed by atoms with van der Waals surface area (Å²) in [5.74, 6) is 0. The standard InChI is InChI=1S/C21H31N5O2/c1-21(15-27)13-25(14-21)16-7-8-18(20(10-16)24(2)3)19-12-26(23-22-19)11-17-6-4-5-9-28-17/h7-8,10,12,17,27H,4-6,9,11,13-15H2,1-3H3/t17-/m1/s1. The van der Waals surface area contributed by atoms with Crippen LogP contribution in [0, 0.1) is 5.41 Å². The SMILES string of the molecule is CN(C)c1cc(N2CC(C)(CO)C2)ccc1-c1cn(C[C@H]2CCCCO2)nn1. The molecule has 7 heteroatoms. The molecule has 0 bridgehead atoms. The lowest BCUT2D eigenvalue weighted by atomic mass is 9.82. The van der Waals surface area contributed by atoms with Crippen molar-refractivity contribution in [1.82, 2.24) is 15.0 Å². The molecule has 1 aromatic carbocycles. The quantitative estimate of drug-likeness (QED) is 0.824. The molecule has 152 valence electrons. The van der Waals surface area contributed by atoms with Crippen LogP contribution in [0.4, 0.5) is 11.4 Å². The number of benzene rings is 1. The predicted octanol–water partition coefficient (Wildman–Crippen LogP) is 2.40. The summed E-state index contributed by atoms with van der Waals surface area (Å²) in [6.07, 6.45) is 5.74. The minimum atomic E-state index is 0.0147. The number of anilines is 2. The van der Waals surface area contributed by atoms with E-state index in [9.17, 15) is 5.11 Å². The van der Waals surface area contributed by atoms with Gasteiger partial charge in [0.2, 0.25) is 0 Å². The maximum atomic E-state index is 9.50. The third kappa shape index (κ3) is 3.86. The van der Waals surface area contributed by atoms with E-state index in [-0.39, 0.29) is 18.1 Å². The van der Waals surface area contributed by atoms with Crippen molar-refractivity contribution in [1.29, 1.82) is 0 Å². The lowest BCUT2D eigenvalue weighted by molar-refractivity contribution is 0.00370. The van der Waals surface area contributed by atoms with Gasteiger partial charge in [-0.15, -0.1) is 5.10 Å². The van der Waals surface area contributed by atoms with Crippen molar-refractivity contribution >= 4 is 11.4 Å². The van der Waals surface area contributed by atoms with Crippen LogP contribution >= 0.6 is 0 Å². The Labute approximate surface area is 166 Å². The van der Waals surface area contributed by atoms with Gasteiger partial charge in [-0.25, -0.2) is 4.68 Å². The van der Waals surface area contributed by atoms with Crippen LogP contribution in [0.25, 0.3) is 11.3 Å². The third-order valence-electron chi connectivity index (χ3n) is 5.83. The second-order valence-corrected chi connectivity index (χ2v) is 8.74. The van der Waals surface area contributed by atoms with Crippen LogP contribution in [0.15, 0.2) is 24.4 Å². The minimum absolute atomic E-state index is 0.0147. The molecule has 0 amide bonds. The summed E-state index contributed by atoms with van der Waals surface area (Å²) in [5.41, 5.74) is 4.28. The lowest BCUT2D eigenvalue weighted by Crippen LogP contribution is -2.56. The van der Waals surface area contributed by atoms with Gasteiger partial charge in [-0.05, 0) is 37.5 Å². The number of nitrogens with zero attached hydrogens (tertiary/aromatic N) is 5. The average Bonchev–Trinajstić information content (AvgIpc) is 3.14. The van der Waals surface area contributed by atoms with Gasteiger partial charge in [-0.3, -0.25) is 0 Å². The summed E-state index contributed by atoms with van der Waals surface area (Å²) < 4.78 is 7.73. The number of rotatable bonds is 6. The molecular weight excluding hydrogens is 354 g/mol. The highest BCUT2D eigenvalue weighted by molar-refractivity contribution is 5.79. The van der Waals surface area contributed by atoms with Crippen molar-refractivity contribution in [2.75, 3.05) is 50.2 Å². The second kappa shape index (κ2) is 7.72. The predicted molar refractivity (Wildman–Crippen MR) is 111 cm³/mol. The summed E-state index contributed by atoms with van der Waals surface area (Å²) >= 11 is 0. The molecule has 2 aliphatic heterocycles. The van der Waals surface area contributed by atoms with Crippen LogP contribution < -0.4 is 9.80 Å². The van der Waals surface area contributed by atoms with Crippen LogP contribution in [0.5, 0.6) is 0 Å². The largest absolute Gasteiger partial charge is 0.396 e. The fourth-order valence-corrected chi connectivity index (χ4v) is 4.13. The number of hydrogen-bond acceptors (Lipinski definition) is 6. The normalized spacial score (nSPS) is 21.4. The molecule has 3 heterocycles. The lowest BCUT2D eigenvalue weighted by Gasteiger charge is -2.48. The molecule has 28 heavy (non-hydrogen) atoms. The Kier molecular flexibility index (Phi) is 5.29. The highest BCUT2D eigenvalue weighted by atomic mass is 16.5. The Morgan fingerprint density at radius 3 is 2.79 bits per heavy atom. The van der Waals surface area contributed by atoms with Gasteiger partial charge in [0.05, 0.1) is 25.5 Å². The summed E-state index contributed by atoms with van der Waals surface area (Å²) in [5, 5.41) is 18.3. The van der Waals surface area contributed by atoms with Crippen LogP contribution in [-0.2, 0) is 11.3 Å². The average molecular weight is 386 g/mol. The smallest absolute Gasteiger partial charge is 0.115 e. The van der Waals surface area contributed by atoms with Crippen LogP contribution in [0.2, 0.25) is 0 Å². The molecule has 2 fully saturated rings. The first kappa shape index (κ1) is 19.2. The molecule has 7 nitrogen and oxygen atoms in total. The monoisotopic (exact) mass is 385 g/mol. The van der Waals surface area contributed by atoms with E-state index in [1.165, 1.54) is 12.1 Å². The molecule has 1 aromatic heterocycles. The van der Waals surface area contributed by atoms with E-state index in [0.717, 1.165) is 56.0 Å². The van der Waals surface area contributed by atoms with Crippen molar-refractivity contribution in [3.8, 4) is 11.3 Å². The van der Waals surface area contributed by atoms with E-state index < -0.39 is 0 Å². The summed E-state index contributed by atoms with van der Waals surface area (Å²) in [7, 11) is 4.10. The van der Waals surface area contributed by atoms with Crippen LogP contribution in [-0.4, -0.2) is 66.6 Å². The molecule has 4 rings (SSSR count). The van der Waals surface area contributed by atoms with Gasteiger partial charge in [-0.1, -0.05) is 12.1 Å². The Balaban J connectivity index is 1.52. The van der Waals surface area contributed by atoms with Crippen LogP contribution in [0.3, 0.4) is 0 Å². The molecule has 2 saturated heterocycles. The molecule has 0 saturated carbocycles. The van der Waals surface area contributed by atoms with E-state index >= 15 is 0 Å². The van der Waals surface area contributed by atoms with E-state index in [2.05, 4.69) is 59.3 Å². The molecule has 0 spiro atoms. The zero-order valence-electron chi connectivity index (χ0n) is 17.1. The zero-order valence-corrected chi connectivity index (χ0v) is 17.1. The van der Waals surface area contributed by atoms with Crippen molar-refractivity contribution in [3.05, 3.63) is 24.4 Å². The van der Waals surface area contributed by atoms with E-state index in [4.69, 9.17) is 4.74 Å². The summed E-state index contributed by atoms with van der Waals surface area (Å²) in [4.78, 5) is 4.43. The Morgan fingerprint density at radius 2 is 2.11 bits per heavy atom. The fraction of sp³-hybridized carbons (Fsp3) is 0.619. The highest BCUT2D eigenvalue weighted by Crippen LogP contribution is 2.38. The fourth-order valence-electron chi connectivity index (χ4n) is 4.13. The first-order chi connectivity index (χ1) is 13.5. The minimum Gasteiger partial charge on any atom is -0.396 e. The molecule has 1 N–H and O–H groups in total. The van der Waals surface area contributed by atoms with E-state index in [0.29, 0.717) is 0 Å². The summed E-state index contributed by atoms with van der Waals surface area (Å²) in [6.45, 7) is 5.73. The van der Waals surface area contributed by atoms with Gasteiger partial charge in [0.1, 0.15) is 5.69 Å². The zero-order chi connectivity index (χ0) is 19.7. The van der Waals surface area contributed by atoms with Gasteiger partial charge in [0, 0.05) is 56.1 Å². The maximum absolute atomic E-state index is 9.50. The summed E-state index contributed by atoms with van der Waals surface area (Å²) in [6, 6.07) is 6.48.